The number of methoxy groups -OCH3 is 1. The summed E-state index contributed by atoms with van der Waals surface area (Å²) in [6.45, 7) is 0.433. The molecule has 1 heterocycles. The number of hydrogen-bond donors (Lipinski definition) is 1. The summed E-state index contributed by atoms with van der Waals surface area (Å²) in [7, 11) is -1.76. The van der Waals surface area contributed by atoms with Gasteiger partial charge in [0, 0.05) is 13.7 Å². The number of ether oxygens (including phenoxy) is 1. The summed E-state index contributed by atoms with van der Waals surface area (Å²) in [5, 5.41) is 0.374. The maximum atomic E-state index is 11.5. The maximum absolute atomic E-state index is 11.5. The molecule has 1 rings (SSSR count). The van der Waals surface area contributed by atoms with Crippen LogP contribution in [0, 0.1) is 0 Å². The predicted octanol–water partition coefficient (Wildman–Crippen LogP) is 1.68. The van der Waals surface area contributed by atoms with Gasteiger partial charge < -0.3 is 4.74 Å². The second-order valence-electron chi connectivity index (χ2n) is 2.74. The van der Waals surface area contributed by atoms with Crippen molar-refractivity contribution < 1.29 is 13.2 Å². The number of sulfonamides is 1. The van der Waals surface area contributed by atoms with Gasteiger partial charge in [-0.3, -0.25) is 4.72 Å². The third-order valence-corrected chi connectivity index (χ3v) is 4.33. The first-order valence-electron chi connectivity index (χ1n) is 4.14. The highest BCUT2D eigenvalue weighted by Crippen LogP contribution is 2.23. The van der Waals surface area contributed by atoms with Gasteiger partial charge in [-0.15, -0.1) is 0 Å². The van der Waals surface area contributed by atoms with Gasteiger partial charge in [-0.1, -0.05) is 11.3 Å². The fourth-order valence-corrected chi connectivity index (χ4v) is 3.30. The Morgan fingerprint density at radius 1 is 1.67 bits per heavy atom. The van der Waals surface area contributed by atoms with E-state index in [1.807, 2.05) is 0 Å². The van der Waals surface area contributed by atoms with Crippen LogP contribution in [0.25, 0.3) is 0 Å². The number of nitrogens with zero attached hydrogens (tertiary/aromatic N) is 1. The standard InChI is InChI=1S/C7H11BrN2O3S2/c1-13-3-2-4-15(11,12)10-7-9-5-6(8)14-7/h5H,2-4H2,1H3,(H,9,10). The Labute approximate surface area is 101 Å². The molecule has 86 valence electrons. The van der Waals surface area contributed by atoms with Crippen LogP contribution in [0.1, 0.15) is 6.42 Å². The predicted molar refractivity (Wildman–Crippen MR) is 63.7 cm³/mol. The number of thiazole rings is 1. The number of rotatable bonds is 6. The lowest BCUT2D eigenvalue weighted by Crippen LogP contribution is -2.17. The van der Waals surface area contributed by atoms with Gasteiger partial charge in [-0.25, -0.2) is 13.4 Å². The van der Waals surface area contributed by atoms with E-state index in [4.69, 9.17) is 4.74 Å². The molecule has 0 saturated carbocycles. The molecule has 0 atom stereocenters. The van der Waals surface area contributed by atoms with Crippen molar-refractivity contribution in [2.75, 3.05) is 24.2 Å². The van der Waals surface area contributed by atoms with E-state index in [0.29, 0.717) is 18.2 Å². The number of hydrogen-bond acceptors (Lipinski definition) is 5. The summed E-state index contributed by atoms with van der Waals surface area (Å²) in [5.74, 6) is 0.0397. The summed E-state index contributed by atoms with van der Waals surface area (Å²) < 4.78 is 30.9. The average Bonchev–Trinajstić information content (AvgIpc) is 2.50. The molecule has 5 nitrogen and oxygen atoms in total. The molecule has 0 aliphatic rings. The van der Waals surface area contributed by atoms with Crippen LogP contribution in [0.4, 0.5) is 5.13 Å². The molecular weight excluding hydrogens is 304 g/mol. The highest BCUT2D eigenvalue weighted by Gasteiger charge is 2.11. The highest BCUT2D eigenvalue weighted by molar-refractivity contribution is 9.11. The van der Waals surface area contributed by atoms with Crippen LogP contribution < -0.4 is 4.72 Å². The first-order valence-corrected chi connectivity index (χ1v) is 7.40. The van der Waals surface area contributed by atoms with Gasteiger partial charge >= 0.3 is 0 Å². The molecule has 1 N–H and O–H groups in total. The average molecular weight is 315 g/mol. The van der Waals surface area contributed by atoms with Gasteiger partial charge in [-0.2, -0.15) is 0 Å². The van der Waals surface area contributed by atoms with Gasteiger partial charge in [0.1, 0.15) is 0 Å². The monoisotopic (exact) mass is 314 g/mol. The van der Waals surface area contributed by atoms with Crippen molar-refractivity contribution in [2.45, 2.75) is 6.42 Å². The maximum Gasteiger partial charge on any atom is 0.234 e. The van der Waals surface area contributed by atoms with Crippen LogP contribution in [-0.2, 0) is 14.8 Å². The van der Waals surface area contributed by atoms with Crippen LogP contribution in [-0.4, -0.2) is 32.9 Å². The minimum absolute atomic E-state index is 0.0397. The van der Waals surface area contributed by atoms with Crippen LogP contribution in [0.15, 0.2) is 9.98 Å². The van der Waals surface area contributed by atoms with E-state index in [0.717, 1.165) is 3.79 Å². The van der Waals surface area contributed by atoms with E-state index in [9.17, 15) is 8.42 Å². The van der Waals surface area contributed by atoms with Crippen molar-refractivity contribution in [3.05, 3.63) is 9.98 Å². The quantitative estimate of drug-likeness (QED) is 0.811. The Balaban J connectivity index is 2.49. The van der Waals surface area contributed by atoms with Crippen LogP contribution in [0.3, 0.4) is 0 Å². The molecule has 0 aliphatic carbocycles. The smallest absolute Gasteiger partial charge is 0.234 e. The third kappa shape index (κ3) is 4.92. The van der Waals surface area contributed by atoms with Crippen LogP contribution in [0.2, 0.25) is 0 Å². The highest BCUT2D eigenvalue weighted by atomic mass is 79.9. The second kappa shape index (κ2) is 5.78. The molecule has 15 heavy (non-hydrogen) atoms. The number of aromatic nitrogens is 1. The minimum atomic E-state index is -3.30. The van der Waals surface area contributed by atoms with Crippen LogP contribution in [0.5, 0.6) is 0 Å². The summed E-state index contributed by atoms with van der Waals surface area (Å²) in [6.07, 6.45) is 2.02. The lowest BCUT2D eigenvalue weighted by atomic mass is 10.5. The van der Waals surface area contributed by atoms with E-state index in [-0.39, 0.29) is 5.75 Å². The zero-order valence-electron chi connectivity index (χ0n) is 8.07. The van der Waals surface area contributed by atoms with Gasteiger partial charge in [0.15, 0.2) is 5.13 Å². The first-order chi connectivity index (χ1) is 7.03. The molecule has 0 aliphatic heterocycles. The number of anilines is 1. The van der Waals surface area contributed by atoms with Crippen molar-refractivity contribution in [3.63, 3.8) is 0 Å². The van der Waals surface area contributed by atoms with E-state index in [1.165, 1.54) is 18.4 Å². The first kappa shape index (κ1) is 12.9. The van der Waals surface area contributed by atoms with E-state index in [1.54, 1.807) is 6.20 Å². The summed E-state index contributed by atoms with van der Waals surface area (Å²) >= 11 is 4.44. The largest absolute Gasteiger partial charge is 0.385 e. The minimum Gasteiger partial charge on any atom is -0.385 e. The molecule has 0 bridgehead atoms. The van der Waals surface area contributed by atoms with E-state index in [2.05, 4.69) is 25.6 Å². The fourth-order valence-electron chi connectivity index (χ4n) is 0.879. The zero-order valence-corrected chi connectivity index (χ0v) is 11.3. The van der Waals surface area contributed by atoms with Crippen molar-refractivity contribution in [1.82, 2.24) is 4.98 Å². The Hall–Kier alpha value is -0.180. The molecule has 1 aromatic heterocycles. The van der Waals surface area contributed by atoms with Crippen molar-refractivity contribution in [2.24, 2.45) is 0 Å². The third-order valence-electron chi connectivity index (χ3n) is 1.48. The van der Waals surface area contributed by atoms with Crippen molar-refractivity contribution in [3.8, 4) is 0 Å². The molecule has 0 unspecified atom stereocenters. The Bertz CT molecular complexity index is 404. The molecule has 0 radical (unpaired) electrons. The van der Waals surface area contributed by atoms with E-state index >= 15 is 0 Å². The SMILES string of the molecule is COCCCS(=O)(=O)Nc1ncc(Br)s1. The zero-order chi connectivity index (χ0) is 11.3. The van der Waals surface area contributed by atoms with E-state index < -0.39 is 10.0 Å². The molecule has 0 aromatic carbocycles. The number of halogens is 1. The van der Waals surface area contributed by atoms with Gasteiger partial charge in [0.05, 0.1) is 15.7 Å². The van der Waals surface area contributed by atoms with Crippen molar-refractivity contribution in [1.29, 1.82) is 0 Å². The summed E-state index contributed by atoms with van der Waals surface area (Å²) in [5.41, 5.74) is 0. The molecule has 0 spiro atoms. The topological polar surface area (TPSA) is 68.3 Å². The summed E-state index contributed by atoms with van der Waals surface area (Å²) in [6, 6.07) is 0. The van der Waals surface area contributed by atoms with Gasteiger partial charge in [-0.05, 0) is 22.4 Å². The second-order valence-corrected chi connectivity index (χ2v) is 6.99. The lowest BCUT2D eigenvalue weighted by molar-refractivity contribution is 0.199. The Morgan fingerprint density at radius 2 is 2.40 bits per heavy atom. The number of nitrogens with one attached hydrogen (secondary N) is 1. The fraction of sp³-hybridized carbons (Fsp3) is 0.571. The Morgan fingerprint density at radius 3 is 2.93 bits per heavy atom. The summed E-state index contributed by atoms with van der Waals surface area (Å²) in [4.78, 5) is 3.88. The Kier molecular flexibility index (Phi) is 4.97. The van der Waals surface area contributed by atoms with Gasteiger partial charge in [0.25, 0.3) is 0 Å². The molecular formula is C7H11BrN2O3S2. The van der Waals surface area contributed by atoms with Crippen LogP contribution >= 0.6 is 27.3 Å². The van der Waals surface area contributed by atoms with Crippen molar-refractivity contribution >= 4 is 42.4 Å². The normalized spacial score (nSPS) is 11.6. The molecule has 0 saturated heterocycles. The molecule has 0 amide bonds. The molecule has 8 heteroatoms. The molecule has 1 aromatic rings. The van der Waals surface area contributed by atoms with Gasteiger partial charge in [0.2, 0.25) is 10.0 Å². The lowest BCUT2D eigenvalue weighted by Gasteiger charge is -2.03. The molecule has 0 fully saturated rings.